The van der Waals surface area contributed by atoms with Crippen molar-refractivity contribution in [3.8, 4) is 5.75 Å². The Hall–Kier alpha value is -4.19. The van der Waals surface area contributed by atoms with E-state index in [4.69, 9.17) is 9.90 Å². The number of aromatic hydroxyl groups is 1. The summed E-state index contributed by atoms with van der Waals surface area (Å²) in [6.07, 6.45) is -1.54. The Bertz CT molecular complexity index is 1360. The molecule has 3 aromatic carbocycles. The summed E-state index contributed by atoms with van der Waals surface area (Å²) in [5, 5.41) is 43.2. The van der Waals surface area contributed by atoms with Gasteiger partial charge in [-0.2, -0.15) is 13.2 Å². The van der Waals surface area contributed by atoms with E-state index in [0.29, 0.717) is 32.2 Å². The number of halogens is 3. The molecular weight excluding hydrogens is 589 g/mol. The van der Waals surface area contributed by atoms with E-state index in [-0.39, 0.29) is 17.7 Å². The maximum atomic E-state index is 13.1. The number of aryl methyl sites for hydroxylation is 2. The quantitative estimate of drug-likeness (QED) is 0.183. The Morgan fingerprint density at radius 2 is 1.44 bits per heavy atom. The molecule has 7 N–H and O–H groups in total. The molecule has 0 saturated heterocycles. The monoisotopic (exact) mass is 630 g/mol. The number of carbonyl (C=O) groups excluding carboxylic acids is 2. The summed E-state index contributed by atoms with van der Waals surface area (Å²) in [4.78, 5) is 21.9. The van der Waals surface area contributed by atoms with Crippen molar-refractivity contribution in [1.82, 2.24) is 5.32 Å². The topological polar surface area (TPSA) is 158 Å². The van der Waals surface area contributed by atoms with E-state index < -0.39 is 30.3 Å². The van der Waals surface area contributed by atoms with Crippen molar-refractivity contribution in [2.45, 2.75) is 64.0 Å². The number of phenolic OH excluding ortho intramolecular Hbond substituents is 1. The minimum Gasteiger partial charge on any atom is -0.542 e. The van der Waals surface area contributed by atoms with E-state index in [2.05, 4.69) is 11.1 Å². The van der Waals surface area contributed by atoms with Crippen molar-refractivity contribution in [2.75, 3.05) is 6.54 Å². The number of hydrogen-bond donors (Lipinski definition) is 5. The van der Waals surface area contributed by atoms with Crippen LogP contribution in [0, 0.1) is 19.8 Å². The molecule has 0 fully saturated rings. The van der Waals surface area contributed by atoms with Crippen molar-refractivity contribution < 1.29 is 48.9 Å². The van der Waals surface area contributed by atoms with Crippen LogP contribution in [0.25, 0.3) is 0 Å². The minimum atomic E-state index is -5.19. The van der Waals surface area contributed by atoms with Crippen molar-refractivity contribution >= 4 is 11.9 Å². The number of carboxylic acids is 1. The van der Waals surface area contributed by atoms with Gasteiger partial charge in [0.25, 0.3) is 0 Å². The van der Waals surface area contributed by atoms with E-state index >= 15 is 0 Å². The predicted octanol–water partition coefficient (Wildman–Crippen LogP) is 2.35. The Balaban J connectivity index is 0.000000900. The highest BCUT2D eigenvalue weighted by molar-refractivity contribution is 5.79. The number of carbonyl (C=O) groups is 2. The third-order valence-electron chi connectivity index (χ3n) is 7.24. The van der Waals surface area contributed by atoms with Gasteiger partial charge in [0, 0.05) is 13.0 Å². The fourth-order valence-corrected chi connectivity index (χ4v) is 4.72. The average Bonchev–Trinajstić information content (AvgIpc) is 2.98. The molecule has 0 heterocycles. The van der Waals surface area contributed by atoms with Gasteiger partial charge < -0.3 is 36.3 Å². The zero-order valence-electron chi connectivity index (χ0n) is 25.3. The number of benzene rings is 3. The third kappa shape index (κ3) is 13.1. The van der Waals surface area contributed by atoms with Crippen LogP contribution in [0.1, 0.15) is 34.2 Å². The summed E-state index contributed by atoms with van der Waals surface area (Å²) in [5.74, 6) is -3.63. The van der Waals surface area contributed by atoms with Crippen LogP contribution in [-0.4, -0.2) is 58.2 Å². The molecule has 0 aliphatic heterocycles. The van der Waals surface area contributed by atoms with E-state index in [1.165, 1.54) is 0 Å². The van der Waals surface area contributed by atoms with Gasteiger partial charge in [-0.15, -0.1) is 0 Å². The molecule has 0 aliphatic carbocycles. The summed E-state index contributed by atoms with van der Waals surface area (Å²) in [5.41, 5.74) is 9.26. The summed E-state index contributed by atoms with van der Waals surface area (Å²) in [7, 11) is 0. The zero-order valence-corrected chi connectivity index (χ0v) is 25.3. The molecule has 0 radical (unpaired) electrons. The molecule has 244 valence electrons. The predicted molar refractivity (Wildman–Crippen MR) is 162 cm³/mol. The van der Waals surface area contributed by atoms with E-state index in [0.717, 1.165) is 27.8 Å². The SMILES string of the molecule is Cc1cc(O)cc(C)c1C[C@H]([NH3+])[C@@H](O)C/C=C/[C@H](O)[C@@H](Cc1ccccc1)C(=O)NCCc1ccccc1.O=C([O-])C(F)(F)F. The van der Waals surface area contributed by atoms with Gasteiger partial charge in [-0.1, -0.05) is 72.8 Å². The maximum absolute atomic E-state index is 13.1. The standard InChI is InChI=1S/C32H40N2O4.C2HF3O2/c1-22-18-26(35)19-23(2)27(22)21-29(33)31(37)15-9-14-30(36)28(20-25-12-7-4-8-13-25)32(38)34-17-16-24-10-5-3-6-11-24;3-2(4,5)1(6)7/h3-14,18-19,28-31,35-37H,15-17,20-21,33H2,1-2H3,(H,34,38);(H,6,7)/b14-9+;/t28-,29+,30+,31+;/m1./s1. The Labute approximate surface area is 261 Å². The first-order valence-corrected chi connectivity index (χ1v) is 14.5. The van der Waals surface area contributed by atoms with Gasteiger partial charge in [-0.3, -0.25) is 4.79 Å². The molecule has 11 heteroatoms. The molecule has 8 nitrogen and oxygen atoms in total. The molecule has 0 unspecified atom stereocenters. The fraction of sp³-hybridized carbons (Fsp3) is 0.353. The Morgan fingerprint density at radius 3 is 1.96 bits per heavy atom. The van der Waals surface area contributed by atoms with Crippen LogP contribution < -0.4 is 16.2 Å². The van der Waals surface area contributed by atoms with Crippen LogP contribution in [0.15, 0.2) is 84.9 Å². The lowest BCUT2D eigenvalue weighted by Crippen LogP contribution is -2.67. The van der Waals surface area contributed by atoms with Gasteiger partial charge in [-0.25, -0.2) is 0 Å². The number of quaternary nitrogens is 1. The lowest BCUT2D eigenvalue weighted by atomic mass is 9.91. The highest BCUT2D eigenvalue weighted by Gasteiger charge is 2.29. The number of aliphatic hydroxyl groups is 2. The van der Waals surface area contributed by atoms with E-state index in [9.17, 15) is 33.3 Å². The summed E-state index contributed by atoms with van der Waals surface area (Å²) in [6, 6.07) is 22.8. The summed E-state index contributed by atoms with van der Waals surface area (Å²) in [6.45, 7) is 4.37. The van der Waals surface area contributed by atoms with Crippen molar-refractivity contribution in [3.63, 3.8) is 0 Å². The fourth-order valence-electron chi connectivity index (χ4n) is 4.72. The number of aliphatic carboxylic acids is 1. The summed E-state index contributed by atoms with van der Waals surface area (Å²) >= 11 is 0. The van der Waals surface area contributed by atoms with Gasteiger partial charge in [0.1, 0.15) is 23.9 Å². The first-order chi connectivity index (χ1) is 21.2. The second-order valence-corrected chi connectivity index (χ2v) is 10.9. The van der Waals surface area contributed by atoms with Crippen molar-refractivity contribution in [1.29, 1.82) is 0 Å². The molecule has 0 bridgehead atoms. The highest BCUT2D eigenvalue weighted by Crippen LogP contribution is 2.22. The van der Waals surface area contributed by atoms with Gasteiger partial charge >= 0.3 is 6.18 Å². The molecule has 3 aromatic rings. The van der Waals surface area contributed by atoms with Gasteiger partial charge in [-0.05, 0) is 73.1 Å². The number of alkyl halides is 3. The largest absolute Gasteiger partial charge is 0.542 e. The third-order valence-corrected chi connectivity index (χ3v) is 7.24. The molecular formula is C34H41F3N2O6. The first-order valence-electron chi connectivity index (χ1n) is 14.5. The number of aliphatic hydroxyl groups excluding tert-OH is 2. The first kappa shape index (κ1) is 37.0. The Kier molecular flexibility index (Phi) is 14.8. The van der Waals surface area contributed by atoms with Crippen molar-refractivity contribution in [3.05, 3.63) is 113 Å². The number of amides is 1. The van der Waals surface area contributed by atoms with Crippen LogP contribution in [0.4, 0.5) is 13.2 Å². The molecule has 4 atom stereocenters. The number of phenols is 1. The molecule has 0 aliphatic rings. The minimum absolute atomic E-state index is 0.198. The lowest BCUT2D eigenvalue weighted by Gasteiger charge is -2.21. The van der Waals surface area contributed by atoms with E-state index in [1.54, 1.807) is 24.3 Å². The normalized spacial score (nSPS) is 14.1. The zero-order chi connectivity index (χ0) is 33.6. The molecule has 0 saturated carbocycles. The smallest absolute Gasteiger partial charge is 0.430 e. The van der Waals surface area contributed by atoms with Crippen LogP contribution in [0.2, 0.25) is 0 Å². The maximum Gasteiger partial charge on any atom is 0.430 e. The van der Waals surface area contributed by atoms with Crippen LogP contribution in [-0.2, 0) is 28.9 Å². The summed E-state index contributed by atoms with van der Waals surface area (Å²) < 4.78 is 31.5. The van der Waals surface area contributed by atoms with Crippen LogP contribution in [0.3, 0.4) is 0 Å². The van der Waals surface area contributed by atoms with Crippen LogP contribution >= 0.6 is 0 Å². The Morgan fingerprint density at radius 1 is 0.933 bits per heavy atom. The van der Waals surface area contributed by atoms with Gasteiger partial charge in [0.15, 0.2) is 0 Å². The second kappa shape index (κ2) is 17.9. The van der Waals surface area contributed by atoms with Gasteiger partial charge in [0.05, 0.1) is 12.0 Å². The van der Waals surface area contributed by atoms with Crippen molar-refractivity contribution in [2.24, 2.45) is 5.92 Å². The number of rotatable bonds is 13. The number of carboxylic acid groups (broad SMARTS) is 1. The van der Waals surface area contributed by atoms with Gasteiger partial charge in [0.2, 0.25) is 5.91 Å². The number of hydrogen-bond acceptors (Lipinski definition) is 6. The molecule has 45 heavy (non-hydrogen) atoms. The van der Waals surface area contributed by atoms with Crippen LogP contribution in [0.5, 0.6) is 5.75 Å². The number of nitrogens with one attached hydrogen (secondary N) is 1. The second-order valence-electron chi connectivity index (χ2n) is 10.9. The molecule has 1 amide bonds. The molecule has 3 rings (SSSR count). The lowest BCUT2D eigenvalue weighted by molar-refractivity contribution is -0.436. The highest BCUT2D eigenvalue weighted by atomic mass is 19.4. The molecule has 0 spiro atoms. The average molecular weight is 631 g/mol. The molecule has 0 aromatic heterocycles. The van der Waals surface area contributed by atoms with E-state index in [1.807, 2.05) is 74.5 Å².